The van der Waals surface area contributed by atoms with Gasteiger partial charge >= 0.3 is 21.2 Å². The molecule has 0 N–H and O–H groups in total. The molecule has 2 aromatic rings. The molecule has 0 bridgehead atoms. The Labute approximate surface area is 126 Å². The molecule has 0 aliphatic heterocycles. The van der Waals surface area contributed by atoms with Gasteiger partial charge in [-0.3, -0.25) is 0 Å². The van der Waals surface area contributed by atoms with E-state index in [-0.39, 0.29) is 21.2 Å². The normalized spacial score (nSPS) is 10.1. The van der Waals surface area contributed by atoms with E-state index in [0.717, 1.165) is 12.8 Å². The minimum absolute atomic E-state index is 0.135. The Morgan fingerprint density at radius 2 is 1.16 bits per heavy atom. The highest BCUT2D eigenvalue weighted by Gasteiger charge is 2.21. The van der Waals surface area contributed by atoms with Crippen LogP contribution in [0.3, 0.4) is 0 Å². The van der Waals surface area contributed by atoms with Gasteiger partial charge in [-0.15, -0.1) is 13.2 Å². The predicted octanol–water partition coefficient (Wildman–Crippen LogP) is 1.27. The van der Waals surface area contributed by atoms with Crippen LogP contribution in [-0.2, 0) is 12.8 Å². The van der Waals surface area contributed by atoms with E-state index in [1.807, 2.05) is 12.2 Å². The fraction of sp³-hybridized carbons (Fsp3) is 0.111. The molecule has 0 radical (unpaired) electrons. The molecule has 2 rings (SSSR count). The van der Waals surface area contributed by atoms with Gasteiger partial charge in [0.25, 0.3) is 0 Å². The number of hydrogen-bond acceptors (Lipinski definition) is 0. The topological polar surface area (TPSA) is 0 Å². The lowest BCUT2D eigenvalue weighted by atomic mass is 10.2. The monoisotopic (exact) mass is 361 g/mol. The van der Waals surface area contributed by atoms with Crippen molar-refractivity contribution in [2.45, 2.75) is 12.8 Å². The molecule has 0 aliphatic rings. The van der Waals surface area contributed by atoms with E-state index < -0.39 is 0 Å². The van der Waals surface area contributed by atoms with Crippen LogP contribution in [0, 0.1) is 7.14 Å². The van der Waals surface area contributed by atoms with Crippen molar-refractivity contribution in [3.05, 3.63) is 92.1 Å². The second kappa shape index (κ2) is 7.29. The molecule has 0 unspecified atom stereocenters. The van der Waals surface area contributed by atoms with Crippen molar-refractivity contribution in [3.8, 4) is 0 Å². The molecule has 0 spiro atoms. The third kappa shape index (κ3) is 3.80. The van der Waals surface area contributed by atoms with Gasteiger partial charge < -0.3 is 0 Å². The summed E-state index contributed by atoms with van der Waals surface area (Å²) < 4.78 is 3.00. The molecule has 0 aromatic heterocycles. The first-order chi connectivity index (χ1) is 9.35. The standard InChI is InChI=1S/C18H18I/c1-3-9-15-11-5-7-13-17(15)19-18-14-8-6-12-16(18)10-4-2/h3-8,11-14H,1-2,9-10H2/q+1. The fourth-order valence-corrected chi connectivity index (χ4v) is 4.83. The first kappa shape index (κ1) is 14.1. The lowest BCUT2D eigenvalue weighted by Gasteiger charge is -1.99. The zero-order valence-electron chi connectivity index (χ0n) is 11.0. The average molecular weight is 361 g/mol. The van der Waals surface area contributed by atoms with E-state index in [0.29, 0.717) is 0 Å². The molecule has 0 saturated carbocycles. The van der Waals surface area contributed by atoms with Crippen molar-refractivity contribution >= 4 is 0 Å². The van der Waals surface area contributed by atoms with E-state index >= 15 is 0 Å². The average Bonchev–Trinajstić information content (AvgIpc) is 2.44. The summed E-state index contributed by atoms with van der Waals surface area (Å²) in [5.41, 5.74) is 2.83. The van der Waals surface area contributed by atoms with Crippen molar-refractivity contribution in [2.75, 3.05) is 0 Å². The fourth-order valence-electron chi connectivity index (χ4n) is 1.93. The van der Waals surface area contributed by atoms with Crippen LogP contribution < -0.4 is 21.2 Å². The van der Waals surface area contributed by atoms with Gasteiger partial charge in [-0.25, -0.2) is 0 Å². The number of rotatable bonds is 6. The first-order valence-corrected chi connectivity index (χ1v) is 8.53. The Balaban J connectivity index is 2.30. The van der Waals surface area contributed by atoms with Crippen LogP contribution in [-0.4, -0.2) is 0 Å². The summed E-state index contributed by atoms with van der Waals surface area (Å²) in [6.07, 6.45) is 5.88. The van der Waals surface area contributed by atoms with E-state index in [1.54, 1.807) is 0 Å². The summed E-state index contributed by atoms with van der Waals surface area (Å²) >= 11 is -0.135. The summed E-state index contributed by atoms with van der Waals surface area (Å²) in [5.74, 6) is 0. The van der Waals surface area contributed by atoms with Gasteiger partial charge in [0, 0.05) is 11.1 Å². The number of allylic oxidation sites excluding steroid dienone is 2. The van der Waals surface area contributed by atoms with Crippen molar-refractivity contribution < 1.29 is 21.2 Å². The summed E-state index contributed by atoms with van der Waals surface area (Å²) in [6.45, 7) is 7.70. The molecule has 96 valence electrons. The van der Waals surface area contributed by atoms with Gasteiger partial charge in [0.2, 0.25) is 0 Å². The zero-order valence-corrected chi connectivity index (χ0v) is 13.1. The minimum atomic E-state index is -0.135. The van der Waals surface area contributed by atoms with Crippen molar-refractivity contribution in [1.29, 1.82) is 0 Å². The molecule has 0 aliphatic carbocycles. The van der Waals surface area contributed by atoms with Crippen LogP contribution in [0.25, 0.3) is 0 Å². The largest absolute Gasteiger partial charge is 0.358 e. The third-order valence-electron chi connectivity index (χ3n) is 2.85. The molecule has 19 heavy (non-hydrogen) atoms. The van der Waals surface area contributed by atoms with Crippen molar-refractivity contribution in [3.63, 3.8) is 0 Å². The van der Waals surface area contributed by atoms with Gasteiger partial charge in [0.1, 0.15) is 0 Å². The lowest BCUT2D eigenvalue weighted by Crippen LogP contribution is -3.62. The van der Waals surface area contributed by atoms with Gasteiger partial charge in [-0.05, 0) is 25.0 Å². The van der Waals surface area contributed by atoms with Crippen molar-refractivity contribution in [2.24, 2.45) is 0 Å². The molecular formula is C18H18I+. The molecular weight excluding hydrogens is 343 g/mol. The Bertz CT molecular complexity index is 518. The van der Waals surface area contributed by atoms with Crippen molar-refractivity contribution in [1.82, 2.24) is 0 Å². The van der Waals surface area contributed by atoms with Crippen LogP contribution in [0.5, 0.6) is 0 Å². The molecule has 0 heterocycles. The quantitative estimate of drug-likeness (QED) is 0.537. The summed E-state index contributed by atoms with van der Waals surface area (Å²) in [4.78, 5) is 0. The molecule has 0 fully saturated rings. The van der Waals surface area contributed by atoms with Gasteiger partial charge in [-0.1, -0.05) is 48.6 Å². The lowest BCUT2D eigenvalue weighted by molar-refractivity contribution is -0.599. The van der Waals surface area contributed by atoms with E-state index in [4.69, 9.17) is 0 Å². The number of halogens is 1. The maximum atomic E-state index is 3.85. The third-order valence-corrected chi connectivity index (χ3v) is 6.11. The van der Waals surface area contributed by atoms with E-state index in [2.05, 4.69) is 61.7 Å². The maximum Gasteiger partial charge on any atom is 0.358 e. The van der Waals surface area contributed by atoms with Gasteiger partial charge in [0.05, 0.1) is 0 Å². The minimum Gasteiger partial charge on any atom is -0.103 e. The summed E-state index contributed by atoms with van der Waals surface area (Å²) in [5, 5.41) is 0. The Morgan fingerprint density at radius 1 is 0.737 bits per heavy atom. The Morgan fingerprint density at radius 3 is 1.58 bits per heavy atom. The predicted molar refractivity (Wildman–Crippen MR) is 78.1 cm³/mol. The molecule has 2 aromatic carbocycles. The van der Waals surface area contributed by atoms with E-state index in [9.17, 15) is 0 Å². The van der Waals surface area contributed by atoms with Gasteiger partial charge in [-0.2, -0.15) is 0 Å². The SMILES string of the molecule is C=CCc1ccccc1[I+]c1ccccc1CC=C. The number of hydrogen-bond donors (Lipinski definition) is 0. The Kier molecular flexibility index (Phi) is 5.40. The second-order valence-electron chi connectivity index (χ2n) is 4.26. The molecule has 0 atom stereocenters. The highest BCUT2D eigenvalue weighted by atomic mass is 127. The van der Waals surface area contributed by atoms with Crippen LogP contribution >= 0.6 is 0 Å². The molecule has 0 saturated heterocycles. The summed E-state index contributed by atoms with van der Waals surface area (Å²) in [6, 6.07) is 17.5. The van der Waals surface area contributed by atoms with Crippen LogP contribution in [0.15, 0.2) is 73.8 Å². The van der Waals surface area contributed by atoms with Crippen LogP contribution in [0.2, 0.25) is 0 Å². The van der Waals surface area contributed by atoms with Crippen LogP contribution in [0.4, 0.5) is 0 Å². The highest BCUT2D eigenvalue weighted by molar-refractivity contribution is 5.19. The molecule has 0 nitrogen and oxygen atoms in total. The first-order valence-electron chi connectivity index (χ1n) is 6.37. The van der Waals surface area contributed by atoms with Gasteiger partial charge in [0.15, 0.2) is 7.14 Å². The highest BCUT2D eigenvalue weighted by Crippen LogP contribution is 2.02. The zero-order chi connectivity index (χ0) is 13.5. The maximum absolute atomic E-state index is 3.85. The van der Waals surface area contributed by atoms with Crippen LogP contribution in [0.1, 0.15) is 11.1 Å². The smallest absolute Gasteiger partial charge is 0.103 e. The molecule has 1 heteroatoms. The second-order valence-corrected chi connectivity index (χ2v) is 7.13. The number of benzene rings is 2. The summed E-state index contributed by atoms with van der Waals surface area (Å²) in [7, 11) is 0. The Hall–Kier alpha value is -1.35. The molecule has 0 amide bonds. The van der Waals surface area contributed by atoms with E-state index in [1.165, 1.54) is 18.3 Å².